The molecule has 0 spiro atoms. The Kier molecular flexibility index (Phi) is 7.12. The van der Waals surface area contributed by atoms with E-state index in [9.17, 15) is 4.79 Å². The Labute approximate surface area is 159 Å². The molecule has 134 valence electrons. The monoisotopic (exact) mass is 380 g/mol. The first-order chi connectivity index (χ1) is 11.6. The molecule has 0 aliphatic carbocycles. The van der Waals surface area contributed by atoms with Crippen LogP contribution in [0.2, 0.25) is 5.02 Å². The van der Waals surface area contributed by atoms with Crippen LogP contribution in [0.25, 0.3) is 0 Å². The van der Waals surface area contributed by atoms with Crippen molar-refractivity contribution in [2.24, 2.45) is 5.92 Å². The van der Waals surface area contributed by atoms with Crippen LogP contribution in [-0.4, -0.2) is 25.0 Å². The number of carbonyl (C=O) groups excluding carboxylic acids is 1. The zero-order chi connectivity index (χ0) is 16.9. The number of rotatable bonds is 4. The molecule has 0 bridgehead atoms. The molecule has 2 N–H and O–H groups in total. The van der Waals surface area contributed by atoms with E-state index in [-0.39, 0.29) is 24.4 Å². The van der Waals surface area contributed by atoms with E-state index in [4.69, 9.17) is 16.3 Å². The summed E-state index contributed by atoms with van der Waals surface area (Å²) < 4.78 is 5.74. The van der Waals surface area contributed by atoms with E-state index in [1.54, 1.807) is 36.4 Å². The maximum Gasteiger partial charge on any atom is 0.251 e. The van der Waals surface area contributed by atoms with Crippen LogP contribution in [0, 0.1) is 5.92 Å². The first kappa shape index (κ1) is 19.6. The molecule has 25 heavy (non-hydrogen) atoms. The fourth-order valence-corrected chi connectivity index (χ4v) is 3.00. The van der Waals surface area contributed by atoms with Gasteiger partial charge in [0.15, 0.2) is 0 Å². The van der Waals surface area contributed by atoms with Crippen molar-refractivity contribution in [3.63, 3.8) is 0 Å². The summed E-state index contributed by atoms with van der Waals surface area (Å²) in [6, 6.07) is 14.6. The molecule has 6 heteroatoms. The largest absolute Gasteiger partial charge is 0.457 e. The summed E-state index contributed by atoms with van der Waals surface area (Å²) in [5, 5.41) is 7.08. The summed E-state index contributed by atoms with van der Waals surface area (Å²) in [4.78, 5) is 12.4. The molecule has 2 unspecified atom stereocenters. The number of amides is 1. The summed E-state index contributed by atoms with van der Waals surface area (Å²) in [6.07, 6.45) is 0.961. The van der Waals surface area contributed by atoms with E-state index in [0.29, 0.717) is 28.0 Å². The topological polar surface area (TPSA) is 50.4 Å². The Hall–Kier alpha value is -1.75. The zero-order valence-corrected chi connectivity index (χ0v) is 15.6. The van der Waals surface area contributed by atoms with Crippen LogP contribution in [0.3, 0.4) is 0 Å². The molecule has 1 fully saturated rings. The van der Waals surface area contributed by atoms with Gasteiger partial charge in [0.05, 0.1) is 0 Å². The predicted molar refractivity (Wildman–Crippen MR) is 103 cm³/mol. The molecule has 4 nitrogen and oxygen atoms in total. The van der Waals surface area contributed by atoms with Gasteiger partial charge in [-0.15, -0.1) is 12.4 Å². The van der Waals surface area contributed by atoms with Crippen molar-refractivity contribution in [1.82, 2.24) is 10.6 Å². The van der Waals surface area contributed by atoms with Gasteiger partial charge < -0.3 is 15.4 Å². The number of ether oxygens (including phenoxy) is 1. The number of nitrogens with one attached hydrogen (secondary N) is 2. The number of hydrogen-bond acceptors (Lipinski definition) is 3. The molecular weight excluding hydrogens is 359 g/mol. The summed E-state index contributed by atoms with van der Waals surface area (Å²) >= 11 is 5.94. The smallest absolute Gasteiger partial charge is 0.251 e. The van der Waals surface area contributed by atoms with Crippen molar-refractivity contribution < 1.29 is 9.53 Å². The van der Waals surface area contributed by atoms with Crippen LogP contribution in [0.5, 0.6) is 11.5 Å². The van der Waals surface area contributed by atoms with Crippen LogP contribution >= 0.6 is 24.0 Å². The second-order valence-electron chi connectivity index (χ2n) is 6.13. The van der Waals surface area contributed by atoms with E-state index in [0.717, 1.165) is 19.5 Å². The molecule has 1 amide bonds. The number of benzene rings is 2. The van der Waals surface area contributed by atoms with Crippen molar-refractivity contribution in [3.05, 3.63) is 59.1 Å². The minimum Gasteiger partial charge on any atom is -0.457 e. The number of halogens is 2. The quantitative estimate of drug-likeness (QED) is 0.831. The third-order valence-electron chi connectivity index (χ3n) is 4.25. The van der Waals surface area contributed by atoms with E-state index in [1.165, 1.54) is 0 Å². The Morgan fingerprint density at radius 2 is 1.96 bits per heavy atom. The number of carbonyl (C=O) groups is 1. The Balaban J connectivity index is 0.00000225. The molecule has 2 atom stereocenters. The SMILES string of the molecule is CC1CNCCC1NC(=O)c1ccc(Oc2cccc(Cl)c2)cc1.Cl. The highest BCUT2D eigenvalue weighted by molar-refractivity contribution is 6.30. The molecule has 2 aromatic rings. The average Bonchev–Trinajstić information content (AvgIpc) is 2.57. The van der Waals surface area contributed by atoms with E-state index in [1.807, 2.05) is 12.1 Å². The van der Waals surface area contributed by atoms with Crippen LogP contribution < -0.4 is 15.4 Å². The molecule has 1 saturated heterocycles. The molecule has 0 saturated carbocycles. The van der Waals surface area contributed by atoms with Crippen LogP contribution in [0.1, 0.15) is 23.7 Å². The van der Waals surface area contributed by atoms with Gasteiger partial charge in [-0.1, -0.05) is 24.6 Å². The summed E-state index contributed by atoms with van der Waals surface area (Å²) in [5.74, 6) is 1.74. The molecule has 0 radical (unpaired) electrons. The zero-order valence-electron chi connectivity index (χ0n) is 14.0. The lowest BCUT2D eigenvalue weighted by Crippen LogP contribution is -2.48. The van der Waals surface area contributed by atoms with Crippen molar-refractivity contribution in [1.29, 1.82) is 0 Å². The maximum absolute atomic E-state index is 12.4. The Morgan fingerprint density at radius 3 is 2.64 bits per heavy atom. The molecular formula is C19H22Cl2N2O2. The molecule has 1 aliphatic heterocycles. The van der Waals surface area contributed by atoms with Gasteiger partial charge in [-0.05, 0) is 67.9 Å². The van der Waals surface area contributed by atoms with Crippen LogP contribution in [0.15, 0.2) is 48.5 Å². The van der Waals surface area contributed by atoms with Gasteiger partial charge in [0.1, 0.15) is 11.5 Å². The van der Waals surface area contributed by atoms with Crippen molar-refractivity contribution in [2.45, 2.75) is 19.4 Å². The minimum absolute atomic E-state index is 0. The second kappa shape index (κ2) is 9.09. The lowest BCUT2D eigenvalue weighted by atomic mass is 9.95. The maximum atomic E-state index is 12.4. The van der Waals surface area contributed by atoms with Crippen LogP contribution in [-0.2, 0) is 0 Å². The normalized spacial score (nSPS) is 19.6. The molecule has 1 heterocycles. The van der Waals surface area contributed by atoms with E-state index >= 15 is 0 Å². The molecule has 1 aliphatic rings. The first-order valence-electron chi connectivity index (χ1n) is 8.17. The van der Waals surface area contributed by atoms with Crippen molar-refractivity contribution in [3.8, 4) is 11.5 Å². The second-order valence-corrected chi connectivity index (χ2v) is 6.57. The van der Waals surface area contributed by atoms with Gasteiger partial charge in [-0.25, -0.2) is 0 Å². The summed E-state index contributed by atoms with van der Waals surface area (Å²) in [5.41, 5.74) is 0.638. The summed E-state index contributed by atoms with van der Waals surface area (Å²) in [7, 11) is 0. The lowest BCUT2D eigenvalue weighted by molar-refractivity contribution is 0.0914. The lowest BCUT2D eigenvalue weighted by Gasteiger charge is -2.30. The molecule has 3 rings (SSSR count). The van der Waals surface area contributed by atoms with Crippen molar-refractivity contribution >= 4 is 29.9 Å². The van der Waals surface area contributed by atoms with Gasteiger partial charge in [0.25, 0.3) is 5.91 Å². The highest BCUT2D eigenvalue weighted by atomic mass is 35.5. The summed E-state index contributed by atoms with van der Waals surface area (Å²) in [6.45, 7) is 4.04. The molecule has 2 aromatic carbocycles. The van der Waals surface area contributed by atoms with Gasteiger partial charge in [-0.2, -0.15) is 0 Å². The first-order valence-corrected chi connectivity index (χ1v) is 8.55. The average molecular weight is 381 g/mol. The fraction of sp³-hybridized carbons (Fsp3) is 0.316. The minimum atomic E-state index is -0.0388. The molecule has 0 aromatic heterocycles. The van der Waals surface area contributed by atoms with E-state index < -0.39 is 0 Å². The Bertz CT molecular complexity index is 707. The predicted octanol–water partition coefficient (Wildman–Crippen LogP) is 4.28. The number of piperidine rings is 1. The highest BCUT2D eigenvalue weighted by Crippen LogP contribution is 2.24. The standard InChI is InChI=1S/C19H21ClN2O2.ClH/c1-13-12-21-10-9-18(13)22-19(23)14-5-7-16(8-6-14)24-17-4-2-3-15(20)11-17;/h2-8,11,13,18,21H,9-10,12H2,1H3,(H,22,23);1H. The number of hydrogen-bond donors (Lipinski definition) is 2. The van der Waals surface area contributed by atoms with Gasteiger partial charge in [-0.3, -0.25) is 4.79 Å². The van der Waals surface area contributed by atoms with Gasteiger partial charge in [0, 0.05) is 16.6 Å². The van der Waals surface area contributed by atoms with Gasteiger partial charge in [0.2, 0.25) is 0 Å². The third-order valence-corrected chi connectivity index (χ3v) is 4.49. The highest BCUT2D eigenvalue weighted by Gasteiger charge is 2.22. The Morgan fingerprint density at radius 1 is 1.20 bits per heavy atom. The van der Waals surface area contributed by atoms with E-state index in [2.05, 4.69) is 17.6 Å². The fourth-order valence-electron chi connectivity index (χ4n) is 2.82. The van der Waals surface area contributed by atoms with Crippen LogP contribution in [0.4, 0.5) is 0 Å². The van der Waals surface area contributed by atoms with Crippen molar-refractivity contribution in [2.75, 3.05) is 13.1 Å². The van der Waals surface area contributed by atoms with Gasteiger partial charge >= 0.3 is 0 Å². The third kappa shape index (κ3) is 5.36.